The van der Waals surface area contributed by atoms with E-state index >= 15 is 0 Å². The van der Waals surface area contributed by atoms with Gasteiger partial charge in [-0.15, -0.1) is 0 Å². The highest BCUT2D eigenvalue weighted by Gasteiger charge is 2.35. The van der Waals surface area contributed by atoms with E-state index in [0.717, 1.165) is 16.3 Å². The van der Waals surface area contributed by atoms with Crippen LogP contribution in [0.4, 0.5) is 5.69 Å². The number of nitro groups is 1. The molecule has 0 fully saturated rings. The Bertz CT molecular complexity index is 1100. The molecule has 1 atom stereocenters. The lowest BCUT2D eigenvalue weighted by Crippen LogP contribution is -2.29. The molecular formula is C23H17NO3. The summed E-state index contributed by atoms with van der Waals surface area (Å²) < 4.78 is 0. The van der Waals surface area contributed by atoms with Crippen molar-refractivity contribution in [2.75, 3.05) is 0 Å². The molecule has 0 aliphatic heterocycles. The van der Waals surface area contributed by atoms with Crippen molar-refractivity contribution in [3.8, 4) is 0 Å². The van der Waals surface area contributed by atoms with Crippen LogP contribution in [0.5, 0.6) is 0 Å². The first-order valence-corrected chi connectivity index (χ1v) is 8.62. The van der Waals surface area contributed by atoms with Crippen LogP contribution in [-0.4, -0.2) is 10.0 Å². The van der Waals surface area contributed by atoms with Gasteiger partial charge in [0.2, 0.25) is 0 Å². The molecule has 0 aliphatic rings. The molecule has 4 aromatic rings. The summed E-state index contributed by atoms with van der Waals surface area (Å²) in [5.74, 6) is 0. The second kappa shape index (κ2) is 6.67. The number of fused-ring (bicyclic) bond motifs is 1. The zero-order chi connectivity index (χ0) is 18.9. The van der Waals surface area contributed by atoms with Gasteiger partial charge in [0.1, 0.15) is 5.60 Å². The first-order valence-electron chi connectivity index (χ1n) is 8.62. The quantitative estimate of drug-likeness (QED) is 0.317. The SMILES string of the molecule is O=[N+]([O-])c1ccc(C(O)(c2ccccc2)c2cccc3ccccc23)cc1. The molecule has 4 aromatic carbocycles. The molecule has 1 N–H and O–H groups in total. The summed E-state index contributed by atoms with van der Waals surface area (Å²) in [6.07, 6.45) is 0. The lowest BCUT2D eigenvalue weighted by atomic mass is 9.78. The number of aliphatic hydroxyl groups is 1. The molecule has 0 aliphatic carbocycles. The predicted octanol–water partition coefficient (Wildman–Crippen LogP) is 5.03. The Balaban J connectivity index is 2.01. The highest BCUT2D eigenvalue weighted by Crippen LogP contribution is 2.40. The second-order valence-corrected chi connectivity index (χ2v) is 6.41. The molecule has 0 saturated carbocycles. The van der Waals surface area contributed by atoms with E-state index in [9.17, 15) is 15.2 Å². The van der Waals surface area contributed by atoms with E-state index in [1.165, 1.54) is 12.1 Å². The third-order valence-electron chi connectivity index (χ3n) is 4.87. The molecule has 132 valence electrons. The summed E-state index contributed by atoms with van der Waals surface area (Å²) in [4.78, 5) is 10.6. The molecule has 0 heterocycles. The molecule has 4 rings (SSSR count). The Morgan fingerprint density at radius 3 is 2.00 bits per heavy atom. The van der Waals surface area contributed by atoms with E-state index in [-0.39, 0.29) is 5.69 Å². The Hall–Kier alpha value is -3.50. The van der Waals surface area contributed by atoms with Gasteiger partial charge in [-0.1, -0.05) is 72.8 Å². The van der Waals surface area contributed by atoms with Crippen molar-refractivity contribution < 1.29 is 10.0 Å². The zero-order valence-corrected chi connectivity index (χ0v) is 14.4. The second-order valence-electron chi connectivity index (χ2n) is 6.41. The number of nitro benzene ring substituents is 1. The van der Waals surface area contributed by atoms with Gasteiger partial charge in [-0.05, 0) is 34.0 Å². The van der Waals surface area contributed by atoms with Crippen LogP contribution in [0, 0.1) is 10.1 Å². The highest BCUT2D eigenvalue weighted by atomic mass is 16.6. The summed E-state index contributed by atoms with van der Waals surface area (Å²) in [6.45, 7) is 0. The number of benzene rings is 4. The summed E-state index contributed by atoms with van der Waals surface area (Å²) >= 11 is 0. The fourth-order valence-corrected chi connectivity index (χ4v) is 3.52. The van der Waals surface area contributed by atoms with Gasteiger partial charge >= 0.3 is 0 Å². The molecule has 0 amide bonds. The molecule has 0 bridgehead atoms. The van der Waals surface area contributed by atoms with Crippen molar-refractivity contribution in [2.45, 2.75) is 5.60 Å². The van der Waals surface area contributed by atoms with E-state index in [0.29, 0.717) is 11.1 Å². The van der Waals surface area contributed by atoms with E-state index in [4.69, 9.17) is 0 Å². The average molecular weight is 355 g/mol. The van der Waals surface area contributed by atoms with Crippen LogP contribution in [0.2, 0.25) is 0 Å². The Morgan fingerprint density at radius 2 is 1.30 bits per heavy atom. The summed E-state index contributed by atoms with van der Waals surface area (Å²) in [5, 5.41) is 25.0. The first-order chi connectivity index (χ1) is 13.1. The van der Waals surface area contributed by atoms with Crippen molar-refractivity contribution in [2.24, 2.45) is 0 Å². The van der Waals surface area contributed by atoms with E-state index in [2.05, 4.69) is 0 Å². The summed E-state index contributed by atoms with van der Waals surface area (Å²) in [7, 11) is 0. The van der Waals surface area contributed by atoms with Crippen molar-refractivity contribution in [3.05, 3.63) is 124 Å². The van der Waals surface area contributed by atoms with Gasteiger partial charge in [0, 0.05) is 17.7 Å². The van der Waals surface area contributed by atoms with Crippen LogP contribution in [0.1, 0.15) is 16.7 Å². The molecule has 27 heavy (non-hydrogen) atoms. The van der Waals surface area contributed by atoms with E-state index in [1.54, 1.807) is 12.1 Å². The van der Waals surface area contributed by atoms with Crippen molar-refractivity contribution in [1.29, 1.82) is 0 Å². The maximum absolute atomic E-state index is 12.0. The van der Waals surface area contributed by atoms with Crippen LogP contribution in [0.3, 0.4) is 0 Å². The monoisotopic (exact) mass is 355 g/mol. The van der Waals surface area contributed by atoms with Crippen LogP contribution < -0.4 is 0 Å². The van der Waals surface area contributed by atoms with Gasteiger partial charge in [-0.25, -0.2) is 0 Å². The number of hydrogen-bond donors (Lipinski definition) is 1. The van der Waals surface area contributed by atoms with Crippen molar-refractivity contribution >= 4 is 16.5 Å². The number of non-ortho nitro benzene ring substituents is 1. The first kappa shape index (κ1) is 16.9. The zero-order valence-electron chi connectivity index (χ0n) is 14.4. The van der Waals surface area contributed by atoms with Gasteiger partial charge in [0.05, 0.1) is 4.92 Å². The van der Waals surface area contributed by atoms with Gasteiger partial charge in [-0.2, -0.15) is 0 Å². The third-order valence-corrected chi connectivity index (χ3v) is 4.87. The van der Waals surface area contributed by atoms with Gasteiger partial charge in [0.15, 0.2) is 0 Å². The minimum atomic E-state index is -1.43. The fraction of sp³-hybridized carbons (Fsp3) is 0.0435. The molecule has 4 heteroatoms. The predicted molar refractivity (Wildman–Crippen MR) is 106 cm³/mol. The highest BCUT2D eigenvalue weighted by molar-refractivity contribution is 5.87. The third kappa shape index (κ3) is 2.86. The molecule has 0 spiro atoms. The summed E-state index contributed by atoms with van der Waals surface area (Å²) in [5.41, 5.74) is 0.579. The molecule has 0 saturated heterocycles. The fourth-order valence-electron chi connectivity index (χ4n) is 3.52. The smallest absolute Gasteiger partial charge is 0.269 e. The largest absolute Gasteiger partial charge is 0.376 e. The lowest BCUT2D eigenvalue weighted by Gasteiger charge is -2.31. The molecule has 0 radical (unpaired) electrons. The minimum Gasteiger partial charge on any atom is -0.376 e. The topological polar surface area (TPSA) is 63.4 Å². The number of nitrogens with zero attached hydrogens (tertiary/aromatic N) is 1. The Kier molecular flexibility index (Phi) is 4.18. The van der Waals surface area contributed by atoms with E-state index < -0.39 is 10.5 Å². The van der Waals surface area contributed by atoms with Crippen LogP contribution in [-0.2, 0) is 5.60 Å². The van der Waals surface area contributed by atoms with Crippen molar-refractivity contribution in [3.63, 3.8) is 0 Å². The van der Waals surface area contributed by atoms with E-state index in [1.807, 2.05) is 72.8 Å². The van der Waals surface area contributed by atoms with Crippen LogP contribution in [0.15, 0.2) is 97.1 Å². The lowest BCUT2D eigenvalue weighted by molar-refractivity contribution is -0.384. The normalized spacial score (nSPS) is 13.2. The average Bonchev–Trinajstić information content (AvgIpc) is 2.73. The molecule has 1 unspecified atom stereocenters. The molecule has 4 nitrogen and oxygen atoms in total. The molecule has 0 aromatic heterocycles. The summed E-state index contributed by atoms with van der Waals surface area (Å²) in [6, 6.07) is 29.1. The standard InChI is InChI=1S/C23H17NO3/c25-23(18-9-2-1-3-10-18,19-13-15-20(16-14-19)24(26)27)22-12-6-8-17-7-4-5-11-21(17)22/h1-16,25H. The van der Waals surface area contributed by atoms with Crippen LogP contribution in [0.25, 0.3) is 10.8 Å². The minimum absolute atomic E-state index is 0.00733. The number of rotatable bonds is 4. The molecular weight excluding hydrogens is 338 g/mol. The van der Waals surface area contributed by atoms with Gasteiger partial charge < -0.3 is 5.11 Å². The Labute approximate surface area is 156 Å². The van der Waals surface area contributed by atoms with Crippen molar-refractivity contribution in [1.82, 2.24) is 0 Å². The number of hydrogen-bond acceptors (Lipinski definition) is 3. The maximum atomic E-state index is 12.0. The van der Waals surface area contributed by atoms with Gasteiger partial charge in [0.25, 0.3) is 5.69 Å². The van der Waals surface area contributed by atoms with Gasteiger partial charge in [-0.3, -0.25) is 10.1 Å². The maximum Gasteiger partial charge on any atom is 0.269 e. The Morgan fingerprint density at radius 1 is 0.704 bits per heavy atom. The van der Waals surface area contributed by atoms with Crippen LogP contribution >= 0.6 is 0 Å².